The lowest BCUT2D eigenvalue weighted by Crippen LogP contribution is -2.51. The van der Waals surface area contributed by atoms with Crippen LogP contribution in [0.3, 0.4) is 0 Å². The standard InChI is InChI=1S/C10H17NO2/c1-11(8-4-5-8)10(9(12)13)6-2-3-7-10/h8H,2-7H2,1H3,(H,12,13). The average Bonchev–Trinajstić information content (AvgIpc) is 2.81. The van der Waals surface area contributed by atoms with Crippen molar-refractivity contribution in [3.05, 3.63) is 0 Å². The van der Waals surface area contributed by atoms with Gasteiger partial charge in [0.05, 0.1) is 0 Å². The fourth-order valence-corrected chi connectivity index (χ4v) is 2.49. The van der Waals surface area contributed by atoms with Gasteiger partial charge in [-0.25, -0.2) is 0 Å². The summed E-state index contributed by atoms with van der Waals surface area (Å²) in [6.07, 6.45) is 6.20. The van der Waals surface area contributed by atoms with E-state index >= 15 is 0 Å². The van der Waals surface area contributed by atoms with Gasteiger partial charge in [0.15, 0.2) is 0 Å². The maximum atomic E-state index is 11.3. The Morgan fingerprint density at radius 2 is 1.92 bits per heavy atom. The number of carboxylic acid groups (broad SMARTS) is 1. The van der Waals surface area contributed by atoms with Crippen molar-refractivity contribution in [3.8, 4) is 0 Å². The van der Waals surface area contributed by atoms with Crippen LogP contribution in [0.2, 0.25) is 0 Å². The lowest BCUT2D eigenvalue weighted by atomic mass is 9.95. The van der Waals surface area contributed by atoms with Gasteiger partial charge in [-0.1, -0.05) is 12.8 Å². The molecule has 3 nitrogen and oxygen atoms in total. The Morgan fingerprint density at radius 3 is 2.31 bits per heavy atom. The van der Waals surface area contributed by atoms with E-state index in [9.17, 15) is 9.90 Å². The van der Waals surface area contributed by atoms with Crippen LogP contribution in [0.1, 0.15) is 38.5 Å². The minimum atomic E-state index is -0.612. The highest BCUT2D eigenvalue weighted by Crippen LogP contribution is 2.40. The van der Waals surface area contributed by atoms with Crippen LogP contribution in [0.4, 0.5) is 0 Å². The Hall–Kier alpha value is -0.570. The Labute approximate surface area is 78.7 Å². The molecule has 0 saturated heterocycles. The molecule has 0 amide bonds. The number of carbonyl (C=O) groups is 1. The SMILES string of the molecule is CN(C1CC1)C1(C(=O)O)CCCC1. The van der Waals surface area contributed by atoms with E-state index in [2.05, 4.69) is 4.90 Å². The molecular formula is C10H17NO2. The molecule has 2 saturated carbocycles. The fraction of sp³-hybridized carbons (Fsp3) is 0.900. The van der Waals surface area contributed by atoms with Gasteiger partial charge in [-0.15, -0.1) is 0 Å². The van der Waals surface area contributed by atoms with Gasteiger partial charge in [-0.05, 0) is 32.7 Å². The normalized spacial score (nSPS) is 26.6. The predicted octanol–water partition coefficient (Wildman–Crippen LogP) is 1.48. The molecule has 2 aliphatic rings. The highest BCUT2D eigenvalue weighted by molar-refractivity contribution is 5.79. The van der Waals surface area contributed by atoms with Gasteiger partial charge in [-0.3, -0.25) is 9.69 Å². The second kappa shape index (κ2) is 2.98. The molecule has 2 rings (SSSR count). The van der Waals surface area contributed by atoms with Gasteiger partial charge in [0, 0.05) is 6.04 Å². The van der Waals surface area contributed by atoms with Crippen molar-refractivity contribution < 1.29 is 9.90 Å². The van der Waals surface area contributed by atoms with Crippen molar-refractivity contribution in [2.45, 2.75) is 50.1 Å². The van der Waals surface area contributed by atoms with Crippen LogP contribution in [-0.4, -0.2) is 34.6 Å². The summed E-state index contributed by atoms with van der Waals surface area (Å²) < 4.78 is 0. The predicted molar refractivity (Wildman–Crippen MR) is 49.6 cm³/mol. The lowest BCUT2D eigenvalue weighted by molar-refractivity contribution is -0.150. The van der Waals surface area contributed by atoms with Crippen molar-refractivity contribution in [3.63, 3.8) is 0 Å². The van der Waals surface area contributed by atoms with E-state index in [4.69, 9.17) is 0 Å². The molecule has 0 aromatic heterocycles. The van der Waals surface area contributed by atoms with E-state index in [0.29, 0.717) is 6.04 Å². The summed E-state index contributed by atoms with van der Waals surface area (Å²) in [7, 11) is 1.98. The van der Waals surface area contributed by atoms with E-state index in [1.807, 2.05) is 7.05 Å². The van der Waals surface area contributed by atoms with E-state index in [1.54, 1.807) is 0 Å². The summed E-state index contributed by atoms with van der Waals surface area (Å²) in [6.45, 7) is 0. The second-order valence-corrected chi connectivity index (χ2v) is 4.39. The molecule has 2 aliphatic carbocycles. The number of hydrogen-bond acceptors (Lipinski definition) is 2. The number of likely N-dealkylation sites (N-methyl/N-ethyl adjacent to an activating group) is 1. The Morgan fingerprint density at radius 1 is 1.38 bits per heavy atom. The molecule has 3 heteroatoms. The Balaban J connectivity index is 2.15. The summed E-state index contributed by atoms with van der Waals surface area (Å²) in [5, 5.41) is 9.27. The maximum absolute atomic E-state index is 11.3. The fourth-order valence-electron chi connectivity index (χ4n) is 2.49. The van der Waals surface area contributed by atoms with Crippen molar-refractivity contribution >= 4 is 5.97 Å². The quantitative estimate of drug-likeness (QED) is 0.720. The first-order valence-corrected chi connectivity index (χ1v) is 5.13. The number of rotatable bonds is 3. The van der Waals surface area contributed by atoms with Crippen LogP contribution in [0.15, 0.2) is 0 Å². The summed E-state index contributed by atoms with van der Waals surface area (Å²) in [5.41, 5.74) is -0.513. The van der Waals surface area contributed by atoms with Crippen LogP contribution < -0.4 is 0 Å². The lowest BCUT2D eigenvalue weighted by Gasteiger charge is -2.34. The van der Waals surface area contributed by atoms with Crippen LogP contribution in [0, 0.1) is 0 Å². The van der Waals surface area contributed by atoms with Crippen LogP contribution in [0.25, 0.3) is 0 Å². The number of nitrogens with zero attached hydrogens (tertiary/aromatic N) is 1. The molecule has 0 aromatic rings. The van der Waals surface area contributed by atoms with Gasteiger partial charge < -0.3 is 5.11 Å². The minimum absolute atomic E-state index is 0.513. The molecular weight excluding hydrogens is 166 g/mol. The Kier molecular flexibility index (Phi) is 2.06. The monoisotopic (exact) mass is 183 g/mol. The van der Waals surface area contributed by atoms with E-state index < -0.39 is 11.5 Å². The molecule has 0 aromatic carbocycles. The van der Waals surface area contributed by atoms with Gasteiger partial charge in [0.25, 0.3) is 0 Å². The Bertz CT molecular complexity index is 217. The summed E-state index contributed by atoms with van der Waals surface area (Å²) >= 11 is 0. The summed E-state index contributed by atoms with van der Waals surface area (Å²) in [5.74, 6) is -0.612. The molecule has 0 heterocycles. The molecule has 13 heavy (non-hydrogen) atoms. The molecule has 1 N–H and O–H groups in total. The molecule has 0 unspecified atom stereocenters. The summed E-state index contributed by atoms with van der Waals surface area (Å²) in [6, 6.07) is 0.550. The first-order chi connectivity index (χ1) is 6.17. The molecule has 0 bridgehead atoms. The van der Waals surface area contributed by atoms with Crippen molar-refractivity contribution in [1.82, 2.24) is 4.90 Å². The minimum Gasteiger partial charge on any atom is -0.480 e. The maximum Gasteiger partial charge on any atom is 0.324 e. The highest BCUT2D eigenvalue weighted by atomic mass is 16.4. The van der Waals surface area contributed by atoms with Gasteiger partial charge in [0.1, 0.15) is 5.54 Å². The molecule has 2 fully saturated rings. The molecule has 0 aliphatic heterocycles. The van der Waals surface area contributed by atoms with Crippen molar-refractivity contribution in [2.75, 3.05) is 7.05 Å². The topological polar surface area (TPSA) is 40.5 Å². The molecule has 0 radical (unpaired) electrons. The molecule has 74 valence electrons. The smallest absolute Gasteiger partial charge is 0.324 e. The third kappa shape index (κ3) is 1.35. The largest absolute Gasteiger partial charge is 0.480 e. The average molecular weight is 183 g/mol. The molecule has 0 spiro atoms. The van der Waals surface area contributed by atoms with Crippen LogP contribution in [-0.2, 0) is 4.79 Å². The first-order valence-electron chi connectivity index (χ1n) is 5.13. The van der Waals surface area contributed by atoms with E-state index in [0.717, 1.165) is 25.7 Å². The van der Waals surface area contributed by atoms with Crippen molar-refractivity contribution in [2.24, 2.45) is 0 Å². The third-order valence-corrected chi connectivity index (χ3v) is 3.60. The van der Waals surface area contributed by atoms with E-state index in [1.165, 1.54) is 12.8 Å². The third-order valence-electron chi connectivity index (χ3n) is 3.60. The zero-order valence-corrected chi connectivity index (χ0v) is 8.12. The first kappa shape index (κ1) is 9.00. The van der Waals surface area contributed by atoms with Crippen LogP contribution >= 0.6 is 0 Å². The van der Waals surface area contributed by atoms with E-state index in [-0.39, 0.29) is 0 Å². The van der Waals surface area contributed by atoms with Gasteiger partial charge in [-0.2, -0.15) is 0 Å². The zero-order chi connectivity index (χ0) is 9.47. The number of hydrogen-bond donors (Lipinski definition) is 1. The highest BCUT2D eigenvalue weighted by Gasteiger charge is 2.49. The van der Waals surface area contributed by atoms with Crippen LogP contribution in [0.5, 0.6) is 0 Å². The summed E-state index contributed by atoms with van der Waals surface area (Å²) in [4.78, 5) is 13.4. The zero-order valence-electron chi connectivity index (χ0n) is 8.12. The molecule has 0 atom stereocenters. The van der Waals surface area contributed by atoms with Crippen molar-refractivity contribution in [1.29, 1.82) is 0 Å². The second-order valence-electron chi connectivity index (χ2n) is 4.39. The number of carboxylic acids is 1. The van der Waals surface area contributed by atoms with Gasteiger partial charge in [0.2, 0.25) is 0 Å². The number of aliphatic carboxylic acids is 1. The van der Waals surface area contributed by atoms with Gasteiger partial charge >= 0.3 is 5.97 Å².